The van der Waals surface area contributed by atoms with Crippen molar-refractivity contribution < 1.29 is 13.7 Å². The van der Waals surface area contributed by atoms with Gasteiger partial charge in [-0.15, -0.1) is 0 Å². The van der Waals surface area contributed by atoms with E-state index in [1.807, 2.05) is 17.7 Å². The van der Waals surface area contributed by atoms with Crippen LogP contribution in [0.25, 0.3) is 11.6 Å². The Labute approximate surface area is 145 Å². The molecule has 0 radical (unpaired) electrons. The highest BCUT2D eigenvalue weighted by molar-refractivity contribution is 5.44. The second-order valence-electron chi connectivity index (χ2n) is 6.33. The number of aryl methyl sites for hydroxylation is 2. The molecule has 0 unspecified atom stereocenters. The molecule has 0 aliphatic carbocycles. The second-order valence-corrected chi connectivity index (χ2v) is 6.33. The molecule has 25 heavy (non-hydrogen) atoms. The van der Waals surface area contributed by atoms with E-state index in [9.17, 15) is 0 Å². The standard InChI is InChI=1S/C17H21N5O3/c1-12-8-13(2)22(19-12)10-14-9-21(5-7-23-14)11-16-18-17(20-25-16)15-4-3-6-24-15/h3-4,6,8,14H,5,7,9-11H2,1-2H3/t14-/m0/s1. The highest BCUT2D eigenvalue weighted by Gasteiger charge is 2.23. The maximum absolute atomic E-state index is 5.89. The van der Waals surface area contributed by atoms with Crippen LogP contribution in [0.5, 0.6) is 0 Å². The van der Waals surface area contributed by atoms with Crippen molar-refractivity contribution in [3.05, 3.63) is 41.7 Å². The molecule has 3 aromatic rings. The largest absolute Gasteiger partial charge is 0.461 e. The summed E-state index contributed by atoms with van der Waals surface area (Å²) in [5.74, 6) is 1.67. The summed E-state index contributed by atoms with van der Waals surface area (Å²) in [4.78, 5) is 6.66. The molecule has 0 aromatic carbocycles. The third-order valence-electron chi connectivity index (χ3n) is 4.27. The Morgan fingerprint density at radius 1 is 1.32 bits per heavy atom. The van der Waals surface area contributed by atoms with E-state index < -0.39 is 0 Å². The number of rotatable bonds is 5. The minimum absolute atomic E-state index is 0.0965. The predicted octanol–water partition coefficient (Wildman–Crippen LogP) is 2.04. The molecule has 1 fully saturated rings. The van der Waals surface area contributed by atoms with Gasteiger partial charge in [-0.3, -0.25) is 9.58 Å². The van der Waals surface area contributed by atoms with Crippen LogP contribution < -0.4 is 0 Å². The molecule has 1 aliphatic heterocycles. The fraction of sp³-hybridized carbons (Fsp3) is 0.471. The van der Waals surface area contributed by atoms with Gasteiger partial charge >= 0.3 is 0 Å². The maximum atomic E-state index is 5.89. The second kappa shape index (κ2) is 6.81. The number of furan rings is 1. The van der Waals surface area contributed by atoms with Gasteiger partial charge < -0.3 is 13.7 Å². The zero-order valence-electron chi connectivity index (χ0n) is 14.4. The number of morpholine rings is 1. The topological polar surface area (TPSA) is 82.4 Å². The summed E-state index contributed by atoms with van der Waals surface area (Å²) in [7, 11) is 0. The van der Waals surface area contributed by atoms with Gasteiger partial charge in [-0.05, 0) is 32.0 Å². The summed E-state index contributed by atoms with van der Waals surface area (Å²) in [6.07, 6.45) is 1.69. The van der Waals surface area contributed by atoms with Crippen LogP contribution in [0.15, 0.2) is 33.4 Å². The van der Waals surface area contributed by atoms with E-state index in [4.69, 9.17) is 13.7 Å². The van der Waals surface area contributed by atoms with Crippen LogP contribution in [-0.2, 0) is 17.8 Å². The third-order valence-corrected chi connectivity index (χ3v) is 4.27. The lowest BCUT2D eigenvalue weighted by Crippen LogP contribution is -2.44. The average Bonchev–Trinajstić information content (AvgIpc) is 3.30. The van der Waals surface area contributed by atoms with E-state index >= 15 is 0 Å². The van der Waals surface area contributed by atoms with Gasteiger partial charge in [0.05, 0.1) is 37.8 Å². The quantitative estimate of drug-likeness (QED) is 0.701. The van der Waals surface area contributed by atoms with Crippen LogP contribution in [0.1, 0.15) is 17.3 Å². The molecule has 0 N–H and O–H groups in total. The van der Waals surface area contributed by atoms with Crippen molar-refractivity contribution in [3.63, 3.8) is 0 Å². The molecular weight excluding hydrogens is 322 g/mol. The van der Waals surface area contributed by atoms with E-state index in [0.717, 1.165) is 31.0 Å². The SMILES string of the molecule is Cc1cc(C)n(C[C@@H]2CN(Cc3nc(-c4ccco4)no3)CCO2)n1. The van der Waals surface area contributed by atoms with Crippen LogP contribution >= 0.6 is 0 Å². The first-order valence-electron chi connectivity index (χ1n) is 8.39. The molecular formula is C17H21N5O3. The lowest BCUT2D eigenvalue weighted by molar-refractivity contribution is -0.0429. The third kappa shape index (κ3) is 3.64. The number of ether oxygens (including phenoxy) is 1. The Morgan fingerprint density at radius 3 is 3.00 bits per heavy atom. The number of hydrogen-bond acceptors (Lipinski definition) is 7. The lowest BCUT2D eigenvalue weighted by atomic mass is 10.2. The van der Waals surface area contributed by atoms with E-state index in [-0.39, 0.29) is 6.10 Å². The summed E-state index contributed by atoms with van der Waals surface area (Å²) in [6.45, 7) is 7.74. The number of nitrogens with zero attached hydrogens (tertiary/aromatic N) is 5. The molecule has 4 rings (SSSR count). The van der Waals surface area contributed by atoms with E-state index in [2.05, 4.69) is 33.1 Å². The predicted molar refractivity (Wildman–Crippen MR) is 88.7 cm³/mol. The zero-order chi connectivity index (χ0) is 17.2. The smallest absolute Gasteiger partial charge is 0.241 e. The van der Waals surface area contributed by atoms with Gasteiger partial charge in [0.15, 0.2) is 5.76 Å². The van der Waals surface area contributed by atoms with Gasteiger partial charge in [0.2, 0.25) is 11.7 Å². The molecule has 0 spiro atoms. The van der Waals surface area contributed by atoms with Gasteiger partial charge in [0.1, 0.15) is 0 Å². The number of aromatic nitrogens is 4. The monoisotopic (exact) mass is 343 g/mol. The molecule has 0 saturated carbocycles. The summed E-state index contributed by atoms with van der Waals surface area (Å²) in [6, 6.07) is 5.69. The fourth-order valence-electron chi connectivity index (χ4n) is 3.10. The molecule has 1 atom stereocenters. The van der Waals surface area contributed by atoms with Gasteiger partial charge in [-0.1, -0.05) is 5.16 Å². The van der Waals surface area contributed by atoms with Crippen LogP contribution in [0.2, 0.25) is 0 Å². The average molecular weight is 343 g/mol. The van der Waals surface area contributed by atoms with Crippen LogP contribution in [0.3, 0.4) is 0 Å². The summed E-state index contributed by atoms with van der Waals surface area (Å²) < 4.78 is 18.5. The molecule has 3 aromatic heterocycles. The normalized spacial score (nSPS) is 18.7. The first-order chi connectivity index (χ1) is 12.2. The minimum atomic E-state index is 0.0965. The highest BCUT2D eigenvalue weighted by Crippen LogP contribution is 2.17. The van der Waals surface area contributed by atoms with Crippen molar-refractivity contribution >= 4 is 0 Å². The fourth-order valence-corrected chi connectivity index (χ4v) is 3.10. The van der Waals surface area contributed by atoms with Crippen molar-refractivity contribution in [2.75, 3.05) is 19.7 Å². The summed E-state index contributed by atoms with van der Waals surface area (Å²) in [5.41, 5.74) is 2.18. The van der Waals surface area contributed by atoms with Crippen molar-refractivity contribution in [2.45, 2.75) is 33.0 Å². The Kier molecular flexibility index (Phi) is 4.37. The van der Waals surface area contributed by atoms with Gasteiger partial charge in [-0.2, -0.15) is 10.1 Å². The molecule has 0 amide bonds. The Morgan fingerprint density at radius 2 is 2.24 bits per heavy atom. The molecule has 1 saturated heterocycles. The highest BCUT2D eigenvalue weighted by atomic mass is 16.5. The van der Waals surface area contributed by atoms with E-state index in [1.54, 1.807) is 12.3 Å². The Bertz CT molecular complexity index is 823. The molecule has 8 heteroatoms. The van der Waals surface area contributed by atoms with Gasteiger partial charge in [0.25, 0.3) is 0 Å². The van der Waals surface area contributed by atoms with Crippen molar-refractivity contribution in [2.24, 2.45) is 0 Å². The van der Waals surface area contributed by atoms with E-state index in [0.29, 0.717) is 30.6 Å². The molecule has 132 valence electrons. The van der Waals surface area contributed by atoms with Crippen molar-refractivity contribution in [1.29, 1.82) is 0 Å². The van der Waals surface area contributed by atoms with Crippen LogP contribution in [-0.4, -0.2) is 50.6 Å². The molecule has 0 bridgehead atoms. The zero-order valence-corrected chi connectivity index (χ0v) is 14.4. The first kappa shape index (κ1) is 16.0. The van der Waals surface area contributed by atoms with Crippen molar-refractivity contribution in [3.8, 4) is 11.6 Å². The number of hydrogen-bond donors (Lipinski definition) is 0. The summed E-state index contributed by atoms with van der Waals surface area (Å²) in [5, 5.41) is 8.49. The van der Waals surface area contributed by atoms with Gasteiger partial charge in [0, 0.05) is 18.8 Å². The van der Waals surface area contributed by atoms with E-state index in [1.165, 1.54) is 0 Å². The Balaban J connectivity index is 1.37. The Hall–Kier alpha value is -2.45. The maximum Gasteiger partial charge on any atom is 0.241 e. The van der Waals surface area contributed by atoms with Crippen molar-refractivity contribution in [1.82, 2.24) is 24.8 Å². The minimum Gasteiger partial charge on any atom is -0.461 e. The molecule has 8 nitrogen and oxygen atoms in total. The first-order valence-corrected chi connectivity index (χ1v) is 8.39. The molecule has 1 aliphatic rings. The summed E-state index contributed by atoms with van der Waals surface area (Å²) >= 11 is 0. The van der Waals surface area contributed by atoms with Crippen LogP contribution in [0.4, 0.5) is 0 Å². The lowest BCUT2D eigenvalue weighted by Gasteiger charge is -2.32. The molecule has 4 heterocycles. The van der Waals surface area contributed by atoms with Crippen LogP contribution in [0, 0.1) is 13.8 Å². The van der Waals surface area contributed by atoms with Gasteiger partial charge in [-0.25, -0.2) is 0 Å².